The number of nitrogens with zero attached hydrogens (tertiary/aromatic N) is 2. The van der Waals surface area contributed by atoms with Crippen LogP contribution < -0.4 is 0 Å². The topological polar surface area (TPSA) is 55.1 Å². The maximum atomic E-state index is 11.7. The maximum absolute atomic E-state index is 11.7. The van der Waals surface area contributed by atoms with Gasteiger partial charge < -0.3 is 5.11 Å². The van der Waals surface area contributed by atoms with Gasteiger partial charge in [0, 0.05) is 13.2 Å². The molecule has 0 bridgehead atoms. The minimum atomic E-state index is -0.638. The number of carboxylic acid groups (broad SMARTS) is 1. The largest absolute Gasteiger partial charge is 0.481 e. The van der Waals surface area contributed by atoms with Crippen LogP contribution in [0.3, 0.4) is 0 Å². The third-order valence-electron chi connectivity index (χ3n) is 4.39. The molecule has 4 nitrogen and oxygen atoms in total. The minimum Gasteiger partial charge on any atom is -0.481 e. The number of rotatable bonds is 4. The van der Waals surface area contributed by atoms with E-state index in [9.17, 15) is 9.90 Å². The van der Waals surface area contributed by atoms with Gasteiger partial charge in [0.1, 0.15) is 0 Å². The van der Waals surface area contributed by atoms with E-state index in [4.69, 9.17) is 0 Å². The predicted octanol–water partition coefficient (Wildman–Crippen LogP) is 2.63. The first-order valence-corrected chi connectivity index (χ1v) is 6.76. The van der Waals surface area contributed by atoms with Gasteiger partial charge in [0.15, 0.2) is 0 Å². The SMILES string of the molecule is CCC1CCC(Cc2cnn(C)c2)(C(=O)O)CC1. The Labute approximate surface area is 108 Å². The van der Waals surface area contributed by atoms with Crippen LogP contribution in [-0.4, -0.2) is 20.9 Å². The second kappa shape index (κ2) is 5.12. The molecule has 1 saturated carbocycles. The van der Waals surface area contributed by atoms with Crippen molar-refractivity contribution in [3.05, 3.63) is 18.0 Å². The molecule has 1 aliphatic carbocycles. The van der Waals surface area contributed by atoms with Crippen LogP contribution in [0.5, 0.6) is 0 Å². The highest BCUT2D eigenvalue weighted by atomic mass is 16.4. The van der Waals surface area contributed by atoms with Gasteiger partial charge in [-0.15, -0.1) is 0 Å². The van der Waals surface area contributed by atoms with Gasteiger partial charge in [0.05, 0.1) is 11.6 Å². The first-order valence-electron chi connectivity index (χ1n) is 6.76. The normalized spacial score (nSPS) is 28.2. The highest BCUT2D eigenvalue weighted by molar-refractivity contribution is 5.75. The van der Waals surface area contributed by atoms with Crippen molar-refractivity contribution in [2.75, 3.05) is 0 Å². The third-order valence-corrected chi connectivity index (χ3v) is 4.39. The average Bonchev–Trinajstić information content (AvgIpc) is 2.75. The summed E-state index contributed by atoms with van der Waals surface area (Å²) in [6.07, 6.45) is 9.19. The van der Waals surface area contributed by atoms with E-state index in [1.165, 1.54) is 6.42 Å². The lowest BCUT2D eigenvalue weighted by atomic mass is 9.67. The van der Waals surface area contributed by atoms with E-state index in [2.05, 4.69) is 12.0 Å². The average molecular weight is 250 g/mol. The first kappa shape index (κ1) is 13.1. The van der Waals surface area contributed by atoms with Crippen LogP contribution in [0.4, 0.5) is 0 Å². The molecule has 1 aromatic heterocycles. The minimum absolute atomic E-state index is 0.561. The molecule has 0 amide bonds. The van der Waals surface area contributed by atoms with Crippen molar-refractivity contribution in [1.29, 1.82) is 0 Å². The molecule has 1 fully saturated rings. The van der Waals surface area contributed by atoms with E-state index in [1.54, 1.807) is 10.9 Å². The van der Waals surface area contributed by atoms with Gasteiger partial charge in [-0.25, -0.2) is 0 Å². The number of carboxylic acids is 1. The summed E-state index contributed by atoms with van der Waals surface area (Å²) in [5.41, 5.74) is 0.476. The Kier molecular flexibility index (Phi) is 3.73. The standard InChI is InChI=1S/C14H22N2O2/c1-3-11-4-6-14(7-5-11,13(17)18)8-12-9-15-16(2)10-12/h9-11H,3-8H2,1-2H3,(H,17,18). The Morgan fingerprint density at radius 1 is 1.56 bits per heavy atom. The molecule has 18 heavy (non-hydrogen) atoms. The molecule has 1 heterocycles. The number of hydrogen-bond donors (Lipinski definition) is 1. The van der Waals surface area contributed by atoms with E-state index >= 15 is 0 Å². The second-order valence-corrected chi connectivity index (χ2v) is 5.64. The number of hydrogen-bond acceptors (Lipinski definition) is 2. The predicted molar refractivity (Wildman–Crippen MR) is 69.2 cm³/mol. The summed E-state index contributed by atoms with van der Waals surface area (Å²) in [5.74, 6) is 0.0762. The Morgan fingerprint density at radius 2 is 2.22 bits per heavy atom. The lowest BCUT2D eigenvalue weighted by molar-refractivity contribution is -0.151. The molecule has 100 valence electrons. The summed E-state index contributed by atoms with van der Waals surface area (Å²) in [6, 6.07) is 0. The number of aliphatic carboxylic acids is 1. The zero-order valence-corrected chi connectivity index (χ0v) is 11.2. The number of carbonyl (C=O) groups is 1. The van der Waals surface area contributed by atoms with Crippen LogP contribution in [0.15, 0.2) is 12.4 Å². The smallest absolute Gasteiger partial charge is 0.309 e. The summed E-state index contributed by atoms with van der Waals surface area (Å²) in [6.45, 7) is 2.19. The molecule has 0 aromatic carbocycles. The summed E-state index contributed by atoms with van der Waals surface area (Å²) in [5, 5.41) is 13.7. The number of aryl methyl sites for hydroxylation is 1. The molecule has 0 saturated heterocycles. The Morgan fingerprint density at radius 3 is 2.67 bits per heavy atom. The van der Waals surface area contributed by atoms with Crippen LogP contribution >= 0.6 is 0 Å². The van der Waals surface area contributed by atoms with Gasteiger partial charge in [-0.05, 0) is 43.6 Å². The van der Waals surface area contributed by atoms with Crippen LogP contribution in [0.2, 0.25) is 0 Å². The molecule has 0 spiro atoms. The van der Waals surface area contributed by atoms with Crippen molar-refractivity contribution in [2.24, 2.45) is 18.4 Å². The summed E-state index contributed by atoms with van der Waals surface area (Å²) >= 11 is 0. The lowest BCUT2D eigenvalue weighted by Crippen LogP contribution is -2.37. The van der Waals surface area contributed by atoms with Gasteiger partial charge >= 0.3 is 5.97 Å². The Balaban J connectivity index is 2.11. The maximum Gasteiger partial charge on any atom is 0.309 e. The molecule has 1 aromatic rings. The fourth-order valence-electron chi connectivity index (χ4n) is 3.06. The summed E-state index contributed by atoms with van der Waals surface area (Å²) < 4.78 is 1.74. The van der Waals surface area contributed by atoms with Crippen LogP contribution in [-0.2, 0) is 18.3 Å². The van der Waals surface area contributed by atoms with Crippen molar-refractivity contribution in [1.82, 2.24) is 9.78 Å². The van der Waals surface area contributed by atoms with Gasteiger partial charge in [0.2, 0.25) is 0 Å². The number of aromatic nitrogens is 2. The zero-order valence-electron chi connectivity index (χ0n) is 11.2. The van der Waals surface area contributed by atoms with Crippen LogP contribution in [0, 0.1) is 11.3 Å². The third kappa shape index (κ3) is 2.57. The molecule has 1 N–H and O–H groups in total. The van der Waals surface area contributed by atoms with Gasteiger partial charge in [-0.1, -0.05) is 13.3 Å². The molecular weight excluding hydrogens is 228 g/mol. The monoisotopic (exact) mass is 250 g/mol. The van der Waals surface area contributed by atoms with Crippen LogP contribution in [0.1, 0.15) is 44.6 Å². The van der Waals surface area contributed by atoms with E-state index in [1.807, 2.05) is 13.2 Å². The Bertz CT molecular complexity index is 417. The van der Waals surface area contributed by atoms with E-state index in [0.29, 0.717) is 12.3 Å². The summed E-state index contributed by atoms with van der Waals surface area (Å²) in [7, 11) is 1.87. The first-order chi connectivity index (χ1) is 8.55. The van der Waals surface area contributed by atoms with Crippen molar-refractivity contribution < 1.29 is 9.90 Å². The van der Waals surface area contributed by atoms with E-state index in [-0.39, 0.29) is 0 Å². The Hall–Kier alpha value is -1.32. The fourth-order valence-corrected chi connectivity index (χ4v) is 3.06. The highest BCUT2D eigenvalue weighted by Gasteiger charge is 2.41. The zero-order chi connectivity index (χ0) is 13.2. The quantitative estimate of drug-likeness (QED) is 0.893. The molecule has 1 aliphatic rings. The fraction of sp³-hybridized carbons (Fsp3) is 0.714. The van der Waals surface area contributed by atoms with Crippen molar-refractivity contribution in [3.63, 3.8) is 0 Å². The van der Waals surface area contributed by atoms with Gasteiger partial charge in [-0.2, -0.15) is 5.10 Å². The molecule has 0 unspecified atom stereocenters. The van der Waals surface area contributed by atoms with Crippen molar-refractivity contribution >= 4 is 5.97 Å². The molecule has 2 rings (SSSR count). The second-order valence-electron chi connectivity index (χ2n) is 5.64. The van der Waals surface area contributed by atoms with Crippen molar-refractivity contribution in [2.45, 2.75) is 45.4 Å². The highest BCUT2D eigenvalue weighted by Crippen LogP contribution is 2.42. The van der Waals surface area contributed by atoms with Crippen molar-refractivity contribution in [3.8, 4) is 0 Å². The van der Waals surface area contributed by atoms with E-state index in [0.717, 1.165) is 31.2 Å². The molecule has 0 aliphatic heterocycles. The molecule has 0 atom stereocenters. The molecular formula is C14H22N2O2. The molecule has 4 heteroatoms. The summed E-state index contributed by atoms with van der Waals surface area (Å²) in [4.78, 5) is 11.7. The van der Waals surface area contributed by atoms with Gasteiger partial charge in [0.25, 0.3) is 0 Å². The van der Waals surface area contributed by atoms with Gasteiger partial charge in [-0.3, -0.25) is 9.48 Å². The lowest BCUT2D eigenvalue weighted by Gasteiger charge is -2.36. The van der Waals surface area contributed by atoms with Crippen LogP contribution in [0.25, 0.3) is 0 Å². The van der Waals surface area contributed by atoms with E-state index < -0.39 is 11.4 Å². The molecule has 0 radical (unpaired) electrons.